The van der Waals surface area contributed by atoms with Crippen LogP contribution < -0.4 is 4.57 Å². The molecule has 6 nitrogen and oxygen atoms in total. The Morgan fingerprint density at radius 3 is 3.00 bits per heavy atom. The first-order chi connectivity index (χ1) is 10.5. The molecule has 1 aromatic heterocycles. The third-order valence-corrected chi connectivity index (χ3v) is 4.18. The number of aromatic nitrogens is 2. The highest BCUT2D eigenvalue weighted by atomic mass is 16.5. The van der Waals surface area contributed by atoms with Gasteiger partial charge in [0.15, 0.2) is 0 Å². The summed E-state index contributed by atoms with van der Waals surface area (Å²) >= 11 is 0. The zero-order valence-electron chi connectivity index (χ0n) is 13.6. The summed E-state index contributed by atoms with van der Waals surface area (Å²) in [5.74, 6) is -0.0147. The summed E-state index contributed by atoms with van der Waals surface area (Å²) < 4.78 is 14.3. The van der Waals surface area contributed by atoms with Gasteiger partial charge in [-0.25, -0.2) is 9.13 Å². The van der Waals surface area contributed by atoms with Crippen LogP contribution >= 0.6 is 0 Å². The predicted octanol–water partition coefficient (Wildman–Crippen LogP) is 1.01. The lowest BCUT2D eigenvalue weighted by Gasteiger charge is -2.10. The fourth-order valence-corrected chi connectivity index (χ4v) is 2.97. The molecule has 0 aliphatic carbocycles. The molecule has 0 spiro atoms. The average molecular weight is 309 g/mol. The lowest BCUT2D eigenvalue weighted by atomic mass is 9.89. The summed E-state index contributed by atoms with van der Waals surface area (Å²) in [7, 11) is 2.01. The molecule has 22 heavy (non-hydrogen) atoms. The zero-order chi connectivity index (χ0) is 16.1. The molecule has 0 amide bonds. The molecule has 0 radical (unpaired) electrons. The molecule has 2 atom stereocenters. The van der Waals surface area contributed by atoms with Gasteiger partial charge in [0.25, 0.3) is 0 Å². The van der Waals surface area contributed by atoms with Crippen molar-refractivity contribution >= 4 is 11.9 Å². The summed E-state index contributed by atoms with van der Waals surface area (Å²) in [6, 6.07) is 0. The summed E-state index contributed by atoms with van der Waals surface area (Å²) in [6.45, 7) is 5.22. The summed E-state index contributed by atoms with van der Waals surface area (Å²) in [5.41, 5.74) is 1.19. The Bertz CT molecular complexity index is 538. The Morgan fingerprint density at radius 2 is 2.32 bits per heavy atom. The summed E-state index contributed by atoms with van der Waals surface area (Å²) in [4.78, 5) is 22.4. The van der Waals surface area contributed by atoms with Crippen LogP contribution in [0.4, 0.5) is 0 Å². The Hall–Kier alpha value is -1.85. The van der Waals surface area contributed by atoms with Crippen molar-refractivity contribution in [3.8, 4) is 0 Å². The monoisotopic (exact) mass is 309 g/mol. The van der Waals surface area contributed by atoms with Crippen LogP contribution in [0.25, 0.3) is 0 Å². The van der Waals surface area contributed by atoms with Crippen LogP contribution in [0.1, 0.15) is 32.4 Å². The Labute approximate surface area is 131 Å². The van der Waals surface area contributed by atoms with Gasteiger partial charge < -0.3 is 9.47 Å². The van der Waals surface area contributed by atoms with Gasteiger partial charge in [0.2, 0.25) is 6.33 Å². The lowest BCUT2D eigenvalue weighted by Crippen LogP contribution is -2.31. The third kappa shape index (κ3) is 4.08. The van der Waals surface area contributed by atoms with E-state index >= 15 is 0 Å². The minimum absolute atomic E-state index is 0.0207. The van der Waals surface area contributed by atoms with Crippen molar-refractivity contribution in [2.24, 2.45) is 18.9 Å². The van der Waals surface area contributed by atoms with E-state index in [0.717, 1.165) is 25.8 Å². The van der Waals surface area contributed by atoms with Crippen molar-refractivity contribution in [1.29, 1.82) is 0 Å². The molecule has 1 aliphatic heterocycles. The first-order valence-corrected chi connectivity index (χ1v) is 7.85. The van der Waals surface area contributed by atoms with Crippen molar-refractivity contribution < 1.29 is 23.6 Å². The molecule has 1 saturated heterocycles. The maximum Gasteiger partial charge on any atom is 0.309 e. The van der Waals surface area contributed by atoms with E-state index in [2.05, 4.69) is 15.3 Å². The van der Waals surface area contributed by atoms with Crippen molar-refractivity contribution in [3.63, 3.8) is 0 Å². The van der Waals surface area contributed by atoms with Crippen LogP contribution in [0.5, 0.6) is 0 Å². The Balaban J connectivity index is 1.89. The molecule has 0 N–H and O–H groups in total. The number of aryl methyl sites for hydroxylation is 2. The molecule has 1 aliphatic rings. The molecular formula is C16H25N2O4+. The normalized spacial score (nSPS) is 21.0. The molecule has 1 fully saturated rings. The van der Waals surface area contributed by atoms with Gasteiger partial charge in [-0.05, 0) is 6.42 Å². The minimum Gasteiger partial charge on any atom is -0.466 e. The highest BCUT2D eigenvalue weighted by Crippen LogP contribution is 2.27. The number of imidazole rings is 1. The highest BCUT2D eigenvalue weighted by Gasteiger charge is 2.36. The molecule has 2 heterocycles. The number of hydrogen-bond acceptors (Lipinski definition) is 4. The van der Waals surface area contributed by atoms with E-state index in [-0.39, 0.29) is 23.8 Å². The molecular weight excluding hydrogens is 284 g/mol. The number of cyclic esters (lactones) is 1. The van der Waals surface area contributed by atoms with Gasteiger partial charge in [-0.15, -0.1) is 0 Å². The van der Waals surface area contributed by atoms with Crippen molar-refractivity contribution in [3.05, 3.63) is 18.2 Å². The van der Waals surface area contributed by atoms with Crippen LogP contribution in [-0.4, -0.2) is 29.7 Å². The van der Waals surface area contributed by atoms with Gasteiger partial charge in [-0.2, -0.15) is 0 Å². The first-order valence-electron chi connectivity index (χ1n) is 7.85. The largest absolute Gasteiger partial charge is 0.466 e. The molecule has 122 valence electrons. The van der Waals surface area contributed by atoms with E-state index in [1.807, 2.05) is 20.3 Å². The van der Waals surface area contributed by atoms with E-state index in [1.54, 1.807) is 0 Å². The first kappa shape index (κ1) is 16.5. The number of hydrogen-bond donors (Lipinski definition) is 0. The number of carbonyl (C=O) groups is 2. The van der Waals surface area contributed by atoms with Crippen LogP contribution in [0, 0.1) is 11.8 Å². The number of rotatable bonds is 7. The Kier molecular flexibility index (Phi) is 5.57. The second-order valence-corrected chi connectivity index (χ2v) is 5.89. The van der Waals surface area contributed by atoms with E-state index in [0.29, 0.717) is 13.2 Å². The molecule has 0 aromatic carbocycles. The number of ether oxygens (including phenoxy) is 2. The molecule has 2 rings (SSSR count). The molecule has 0 saturated carbocycles. The van der Waals surface area contributed by atoms with Gasteiger partial charge in [0.05, 0.1) is 32.7 Å². The van der Waals surface area contributed by atoms with Gasteiger partial charge in [-0.1, -0.05) is 6.92 Å². The summed E-state index contributed by atoms with van der Waals surface area (Å²) in [5, 5.41) is 0. The number of esters is 2. The van der Waals surface area contributed by atoms with Crippen LogP contribution in [0.2, 0.25) is 0 Å². The zero-order valence-corrected chi connectivity index (χ0v) is 13.6. The standard InChI is InChI=1S/C16H25N2O4/c1-4-15-13(10-22-16(15)20)8-14-9-18(11-17(14)3)6-5-7-21-12(2)19/h9,11,13,15H,4-8,10H2,1-3H3/q+1. The summed E-state index contributed by atoms with van der Waals surface area (Å²) in [6.07, 6.45) is 6.59. The van der Waals surface area contributed by atoms with Gasteiger partial charge >= 0.3 is 11.9 Å². The maximum atomic E-state index is 11.6. The topological polar surface area (TPSA) is 61.4 Å². The molecule has 0 bridgehead atoms. The van der Waals surface area contributed by atoms with Crippen LogP contribution in [-0.2, 0) is 39.1 Å². The SMILES string of the molecule is CCC1C(=O)OCC1Cc1c[n+](CCCOC(C)=O)cn1C. The maximum absolute atomic E-state index is 11.6. The predicted molar refractivity (Wildman–Crippen MR) is 78.8 cm³/mol. The Morgan fingerprint density at radius 1 is 1.55 bits per heavy atom. The fraction of sp³-hybridized carbons (Fsp3) is 0.688. The van der Waals surface area contributed by atoms with E-state index in [4.69, 9.17) is 9.47 Å². The van der Waals surface area contributed by atoms with Crippen LogP contribution in [0.15, 0.2) is 12.5 Å². The quantitative estimate of drug-likeness (QED) is 0.428. The fourth-order valence-electron chi connectivity index (χ4n) is 2.97. The second-order valence-electron chi connectivity index (χ2n) is 5.89. The van der Waals surface area contributed by atoms with Crippen LogP contribution in [0.3, 0.4) is 0 Å². The molecule has 2 unspecified atom stereocenters. The van der Waals surface area contributed by atoms with E-state index in [1.165, 1.54) is 12.6 Å². The minimum atomic E-state index is -0.241. The third-order valence-electron chi connectivity index (χ3n) is 4.18. The smallest absolute Gasteiger partial charge is 0.309 e. The van der Waals surface area contributed by atoms with E-state index < -0.39 is 0 Å². The lowest BCUT2D eigenvalue weighted by molar-refractivity contribution is -0.697. The van der Waals surface area contributed by atoms with Gasteiger partial charge in [0, 0.05) is 25.7 Å². The second kappa shape index (κ2) is 7.42. The highest BCUT2D eigenvalue weighted by molar-refractivity contribution is 5.74. The molecule has 1 aromatic rings. The van der Waals surface area contributed by atoms with Crippen molar-refractivity contribution in [1.82, 2.24) is 4.57 Å². The van der Waals surface area contributed by atoms with Crippen molar-refractivity contribution in [2.45, 2.75) is 39.7 Å². The van der Waals surface area contributed by atoms with E-state index in [9.17, 15) is 9.59 Å². The van der Waals surface area contributed by atoms with Gasteiger partial charge in [-0.3, -0.25) is 9.59 Å². The number of nitrogens with zero attached hydrogens (tertiary/aromatic N) is 2. The van der Waals surface area contributed by atoms with Crippen molar-refractivity contribution in [2.75, 3.05) is 13.2 Å². The average Bonchev–Trinajstić information content (AvgIpc) is 2.99. The molecule has 6 heteroatoms. The van der Waals surface area contributed by atoms with Gasteiger partial charge in [0.1, 0.15) is 11.9 Å². The number of carbonyl (C=O) groups excluding carboxylic acids is 2.